The molecule has 1 aromatic carbocycles. The van der Waals surface area contributed by atoms with E-state index < -0.39 is 0 Å². The second-order valence-corrected chi connectivity index (χ2v) is 5.60. The zero-order valence-corrected chi connectivity index (χ0v) is 12.8. The van der Waals surface area contributed by atoms with Crippen molar-refractivity contribution in [2.24, 2.45) is 0 Å². The van der Waals surface area contributed by atoms with Crippen LogP contribution >= 0.6 is 11.8 Å². The molecule has 1 aromatic heterocycles. The highest BCUT2D eigenvalue weighted by Crippen LogP contribution is 2.20. The summed E-state index contributed by atoms with van der Waals surface area (Å²) in [4.78, 5) is 15.8. The van der Waals surface area contributed by atoms with Crippen LogP contribution in [0.1, 0.15) is 11.3 Å². The topological polar surface area (TPSA) is 67.2 Å². The van der Waals surface area contributed by atoms with Crippen LogP contribution in [0.15, 0.2) is 41.7 Å². The van der Waals surface area contributed by atoms with Crippen LogP contribution in [-0.4, -0.2) is 33.4 Å². The van der Waals surface area contributed by atoms with Crippen LogP contribution in [0, 0.1) is 0 Å². The van der Waals surface area contributed by atoms with Gasteiger partial charge in [0.05, 0.1) is 18.5 Å². The number of hydrogen-bond donors (Lipinski definition) is 2. The van der Waals surface area contributed by atoms with Crippen LogP contribution in [0.3, 0.4) is 0 Å². The molecule has 2 rings (SSSR count). The number of rotatable bonds is 7. The Hall–Kier alpha value is -1.79. The lowest BCUT2D eigenvalue weighted by Crippen LogP contribution is -2.24. The van der Waals surface area contributed by atoms with E-state index in [9.17, 15) is 9.90 Å². The predicted molar refractivity (Wildman–Crippen MR) is 83.1 cm³/mol. The first-order valence-corrected chi connectivity index (χ1v) is 7.75. The standard InChI is InChI=1S/C15H19N3O2S/c1-16-14(20)10-18-13(11-19)9-17-15(18)21-8-7-12-5-3-2-4-6-12/h2-6,9,19H,7-8,10-11H2,1H3,(H,16,20). The number of hydrogen-bond acceptors (Lipinski definition) is 4. The molecule has 112 valence electrons. The van der Waals surface area contributed by atoms with Gasteiger partial charge in [-0.05, 0) is 12.0 Å². The minimum Gasteiger partial charge on any atom is -0.390 e. The molecule has 0 saturated heterocycles. The van der Waals surface area contributed by atoms with Crippen molar-refractivity contribution in [1.29, 1.82) is 0 Å². The number of aliphatic hydroxyl groups is 1. The first kappa shape index (κ1) is 15.6. The van der Waals surface area contributed by atoms with Crippen LogP contribution in [0.25, 0.3) is 0 Å². The van der Waals surface area contributed by atoms with Crippen molar-refractivity contribution in [3.8, 4) is 0 Å². The summed E-state index contributed by atoms with van der Waals surface area (Å²) in [6.45, 7) is 0.0588. The number of aromatic nitrogens is 2. The summed E-state index contributed by atoms with van der Waals surface area (Å²) in [7, 11) is 1.60. The monoisotopic (exact) mass is 305 g/mol. The van der Waals surface area contributed by atoms with Gasteiger partial charge in [0.15, 0.2) is 5.16 Å². The number of nitrogens with one attached hydrogen (secondary N) is 1. The largest absolute Gasteiger partial charge is 0.390 e. The van der Waals surface area contributed by atoms with Gasteiger partial charge in [-0.25, -0.2) is 4.98 Å². The van der Waals surface area contributed by atoms with Gasteiger partial charge < -0.3 is 15.0 Å². The molecule has 6 heteroatoms. The fourth-order valence-electron chi connectivity index (χ4n) is 1.93. The molecule has 0 bridgehead atoms. The Balaban J connectivity index is 1.99. The normalized spacial score (nSPS) is 10.6. The number of nitrogens with zero attached hydrogens (tertiary/aromatic N) is 2. The highest BCUT2D eigenvalue weighted by Gasteiger charge is 2.12. The number of thioether (sulfide) groups is 1. The number of amides is 1. The van der Waals surface area contributed by atoms with Gasteiger partial charge in [0, 0.05) is 12.8 Å². The van der Waals surface area contributed by atoms with Gasteiger partial charge >= 0.3 is 0 Å². The molecular formula is C15H19N3O2S. The summed E-state index contributed by atoms with van der Waals surface area (Å²) in [5.41, 5.74) is 1.93. The molecule has 2 N–H and O–H groups in total. The van der Waals surface area contributed by atoms with Crippen molar-refractivity contribution < 1.29 is 9.90 Å². The SMILES string of the molecule is CNC(=O)Cn1c(CO)cnc1SCCc1ccccc1. The van der Waals surface area contributed by atoms with Crippen LogP contribution in [-0.2, 0) is 24.4 Å². The van der Waals surface area contributed by atoms with E-state index >= 15 is 0 Å². The zero-order valence-electron chi connectivity index (χ0n) is 12.0. The van der Waals surface area contributed by atoms with E-state index in [1.165, 1.54) is 5.56 Å². The molecule has 0 atom stereocenters. The van der Waals surface area contributed by atoms with Gasteiger partial charge in [-0.1, -0.05) is 42.1 Å². The maximum absolute atomic E-state index is 11.5. The molecule has 0 saturated carbocycles. The summed E-state index contributed by atoms with van der Waals surface area (Å²) in [5, 5.41) is 12.7. The van der Waals surface area contributed by atoms with Gasteiger partial charge in [-0.2, -0.15) is 0 Å². The summed E-state index contributed by atoms with van der Waals surface area (Å²) in [6.07, 6.45) is 2.56. The Morgan fingerprint density at radius 2 is 2.14 bits per heavy atom. The first-order valence-electron chi connectivity index (χ1n) is 6.77. The maximum atomic E-state index is 11.5. The highest BCUT2D eigenvalue weighted by atomic mass is 32.2. The third-order valence-corrected chi connectivity index (χ3v) is 4.10. The molecule has 0 aliphatic heterocycles. The van der Waals surface area contributed by atoms with Crippen molar-refractivity contribution >= 4 is 17.7 Å². The molecule has 0 unspecified atom stereocenters. The summed E-state index contributed by atoms with van der Waals surface area (Å²) in [5.74, 6) is 0.771. The fourth-order valence-corrected chi connectivity index (χ4v) is 2.92. The van der Waals surface area contributed by atoms with Crippen molar-refractivity contribution in [3.05, 3.63) is 47.8 Å². The number of likely N-dealkylation sites (N-methyl/N-ethyl adjacent to an activating group) is 1. The van der Waals surface area contributed by atoms with Gasteiger partial charge in [-0.15, -0.1) is 0 Å². The minimum atomic E-state index is -0.122. The third-order valence-electron chi connectivity index (χ3n) is 3.11. The Morgan fingerprint density at radius 3 is 2.81 bits per heavy atom. The molecule has 0 radical (unpaired) electrons. The summed E-state index contributed by atoms with van der Waals surface area (Å²) >= 11 is 1.59. The van der Waals surface area contributed by atoms with E-state index in [4.69, 9.17) is 0 Å². The van der Waals surface area contributed by atoms with E-state index in [2.05, 4.69) is 22.4 Å². The summed E-state index contributed by atoms with van der Waals surface area (Å²) in [6, 6.07) is 10.2. The van der Waals surface area contributed by atoms with Crippen LogP contribution in [0.2, 0.25) is 0 Å². The molecule has 1 amide bonds. The second-order valence-electron chi connectivity index (χ2n) is 4.53. The Morgan fingerprint density at radius 1 is 1.38 bits per heavy atom. The summed E-state index contributed by atoms with van der Waals surface area (Å²) < 4.78 is 1.76. The van der Waals surface area contributed by atoms with Crippen LogP contribution in [0.5, 0.6) is 0 Å². The lowest BCUT2D eigenvalue weighted by molar-refractivity contribution is -0.121. The van der Waals surface area contributed by atoms with E-state index in [0.717, 1.165) is 17.3 Å². The van der Waals surface area contributed by atoms with E-state index in [1.54, 1.807) is 29.6 Å². The van der Waals surface area contributed by atoms with Gasteiger partial charge in [0.25, 0.3) is 0 Å². The lowest BCUT2D eigenvalue weighted by atomic mass is 10.2. The lowest BCUT2D eigenvalue weighted by Gasteiger charge is -2.09. The van der Waals surface area contributed by atoms with Crippen LogP contribution in [0.4, 0.5) is 0 Å². The predicted octanol–water partition coefficient (Wildman–Crippen LogP) is 1.46. The smallest absolute Gasteiger partial charge is 0.239 e. The molecule has 2 aromatic rings. The molecule has 0 fully saturated rings. The number of benzene rings is 1. The highest BCUT2D eigenvalue weighted by molar-refractivity contribution is 7.99. The quantitative estimate of drug-likeness (QED) is 0.760. The van der Waals surface area contributed by atoms with Crippen molar-refractivity contribution in [3.63, 3.8) is 0 Å². The number of carbonyl (C=O) groups excluding carboxylic acids is 1. The molecule has 5 nitrogen and oxygen atoms in total. The van der Waals surface area contributed by atoms with E-state index in [-0.39, 0.29) is 19.1 Å². The average Bonchev–Trinajstić information content (AvgIpc) is 2.90. The number of carbonyl (C=O) groups is 1. The second kappa shape index (κ2) is 7.85. The zero-order chi connectivity index (χ0) is 15.1. The number of aryl methyl sites for hydroxylation is 1. The molecule has 0 spiro atoms. The van der Waals surface area contributed by atoms with E-state index in [0.29, 0.717) is 5.69 Å². The van der Waals surface area contributed by atoms with Crippen molar-refractivity contribution in [2.45, 2.75) is 24.7 Å². The van der Waals surface area contributed by atoms with Crippen molar-refractivity contribution in [1.82, 2.24) is 14.9 Å². The van der Waals surface area contributed by atoms with Crippen molar-refractivity contribution in [2.75, 3.05) is 12.8 Å². The molecular weight excluding hydrogens is 286 g/mol. The average molecular weight is 305 g/mol. The number of imidazole rings is 1. The Labute approximate surface area is 128 Å². The van der Waals surface area contributed by atoms with Gasteiger partial charge in [-0.3, -0.25) is 4.79 Å². The minimum absolute atomic E-state index is 0.104. The van der Waals surface area contributed by atoms with Gasteiger partial charge in [0.1, 0.15) is 6.54 Å². The van der Waals surface area contributed by atoms with Gasteiger partial charge in [0.2, 0.25) is 5.91 Å². The Bertz CT molecular complexity index is 584. The third kappa shape index (κ3) is 4.34. The number of aliphatic hydroxyl groups excluding tert-OH is 1. The van der Waals surface area contributed by atoms with E-state index in [1.807, 2.05) is 18.2 Å². The molecule has 0 aliphatic carbocycles. The van der Waals surface area contributed by atoms with Crippen LogP contribution < -0.4 is 5.32 Å². The Kier molecular flexibility index (Phi) is 5.83. The molecule has 1 heterocycles. The first-order chi connectivity index (χ1) is 10.2. The molecule has 21 heavy (non-hydrogen) atoms. The molecule has 0 aliphatic rings. The fraction of sp³-hybridized carbons (Fsp3) is 0.333. The maximum Gasteiger partial charge on any atom is 0.239 e.